The fourth-order valence-corrected chi connectivity index (χ4v) is 13.7. The van der Waals surface area contributed by atoms with E-state index >= 15 is 0 Å². The SMILES string of the molecule is CC/C=C\C/C=C\C/C=C\C/C=C\C/C=C\C/C=C\CCCCCCCCCCCCCCCCC(=O)NC(COC1OC(CO)C(OC2OC(CO)C(OC3OC(CO)C(O)C(O)C3O)C(O)C2O)C(O)C1O)C(O)CCCCCCCCCCCCCCCCCCCCCCCCCC. The predicted molar refractivity (Wildman–Crippen MR) is 406 cm³/mol. The third kappa shape index (κ3) is 42.7. The fourth-order valence-electron chi connectivity index (χ4n) is 13.7. The van der Waals surface area contributed by atoms with E-state index < -0.39 is 124 Å². The Kier molecular flexibility index (Phi) is 57.9. The second-order valence-electron chi connectivity index (χ2n) is 29.2. The number of hydrogen-bond donors (Lipinski definition) is 12. The van der Waals surface area contributed by atoms with Crippen LogP contribution in [0, 0.1) is 0 Å². The van der Waals surface area contributed by atoms with Crippen LogP contribution in [0.15, 0.2) is 72.9 Å². The maximum absolute atomic E-state index is 13.5. The van der Waals surface area contributed by atoms with Crippen molar-refractivity contribution >= 4 is 5.91 Å². The van der Waals surface area contributed by atoms with Crippen LogP contribution in [0.1, 0.15) is 316 Å². The zero-order valence-corrected chi connectivity index (χ0v) is 63.6. The van der Waals surface area contributed by atoms with E-state index in [1.54, 1.807) is 0 Å². The summed E-state index contributed by atoms with van der Waals surface area (Å²) in [6.07, 6.45) is 55.5. The van der Waals surface area contributed by atoms with Crippen LogP contribution >= 0.6 is 0 Å². The minimum atomic E-state index is -1.98. The van der Waals surface area contributed by atoms with Gasteiger partial charge in [0.15, 0.2) is 18.9 Å². The number of allylic oxidation sites excluding steroid dienone is 12. The van der Waals surface area contributed by atoms with Crippen LogP contribution in [-0.4, -0.2) is 193 Å². The highest BCUT2D eigenvalue weighted by molar-refractivity contribution is 5.76. The number of hydrogen-bond acceptors (Lipinski definition) is 18. The molecule has 0 radical (unpaired) electrons. The Morgan fingerprint density at radius 3 is 1.06 bits per heavy atom. The van der Waals surface area contributed by atoms with Crippen molar-refractivity contribution in [3.05, 3.63) is 72.9 Å². The first-order valence-corrected chi connectivity index (χ1v) is 41.2. The minimum absolute atomic E-state index is 0.241. The summed E-state index contributed by atoms with van der Waals surface area (Å²) in [7, 11) is 0. The smallest absolute Gasteiger partial charge is 0.220 e. The Labute approximate surface area is 617 Å². The molecule has 0 aliphatic carbocycles. The normalized spacial score (nSPS) is 26.5. The van der Waals surface area contributed by atoms with Gasteiger partial charge in [0.1, 0.15) is 73.2 Å². The standard InChI is InChI=1S/C83H149NO18/c1-3-5-7-9-11-13-15-17-19-21-23-25-27-29-30-31-32-33-34-35-36-37-39-41-43-45-47-49-51-53-55-57-59-61-71(89)84-66(67(88)60-58-56-54-52-50-48-46-44-42-40-38-28-26-24-22-20-18-16-14-12-10-8-6-4-2)65-97-81-77(95)74(92)79(69(63-86)99-81)102-83-78(96)75(93)80(70(64-87)100-83)101-82-76(94)73(91)72(90)68(62-85)98-82/h5,7,11,13,17,19,23,25,29-30,32-33,66-70,72-83,85-88,90-96H,3-4,6,8-10,12,14-16,18,20-22,24,26-28,31,34-65H2,1-2H3,(H,84,89)/b7-5-,13-11-,19-17-,25-23-,30-29-,33-32-. The average molecular weight is 1450 g/mol. The molecule has 0 aromatic carbocycles. The third-order valence-electron chi connectivity index (χ3n) is 20.3. The number of carbonyl (C=O) groups is 1. The van der Waals surface area contributed by atoms with Gasteiger partial charge in [-0.1, -0.05) is 318 Å². The van der Waals surface area contributed by atoms with Gasteiger partial charge in [0.05, 0.1) is 38.6 Å². The number of ether oxygens (including phenoxy) is 6. The summed E-state index contributed by atoms with van der Waals surface area (Å²) in [5, 5.41) is 121. The average Bonchev–Trinajstić information content (AvgIpc) is 0.781. The first-order valence-electron chi connectivity index (χ1n) is 41.2. The van der Waals surface area contributed by atoms with Crippen molar-refractivity contribution in [3.8, 4) is 0 Å². The van der Waals surface area contributed by atoms with Gasteiger partial charge in [-0.25, -0.2) is 0 Å². The van der Waals surface area contributed by atoms with E-state index in [0.29, 0.717) is 12.8 Å². The van der Waals surface area contributed by atoms with Gasteiger partial charge >= 0.3 is 0 Å². The molecule has 102 heavy (non-hydrogen) atoms. The van der Waals surface area contributed by atoms with E-state index in [1.807, 2.05) is 0 Å². The Morgan fingerprint density at radius 2 is 0.676 bits per heavy atom. The van der Waals surface area contributed by atoms with Gasteiger partial charge in [-0.3, -0.25) is 4.79 Å². The molecule has 3 fully saturated rings. The highest BCUT2D eigenvalue weighted by Gasteiger charge is 2.54. The molecule has 1 amide bonds. The van der Waals surface area contributed by atoms with Crippen molar-refractivity contribution in [2.24, 2.45) is 0 Å². The van der Waals surface area contributed by atoms with Crippen molar-refractivity contribution < 1.29 is 89.4 Å². The largest absolute Gasteiger partial charge is 0.394 e. The molecule has 0 aromatic heterocycles. The van der Waals surface area contributed by atoms with Crippen molar-refractivity contribution in [2.45, 2.75) is 420 Å². The summed E-state index contributed by atoms with van der Waals surface area (Å²) in [5.41, 5.74) is 0. The van der Waals surface area contributed by atoms with Gasteiger partial charge in [0.25, 0.3) is 0 Å². The van der Waals surface area contributed by atoms with Crippen molar-refractivity contribution in [2.75, 3.05) is 26.4 Å². The minimum Gasteiger partial charge on any atom is -0.394 e. The van der Waals surface area contributed by atoms with Crippen LogP contribution in [0.2, 0.25) is 0 Å². The number of rotatable bonds is 65. The van der Waals surface area contributed by atoms with Gasteiger partial charge in [0.2, 0.25) is 5.91 Å². The second kappa shape index (κ2) is 63.2. The van der Waals surface area contributed by atoms with Crippen LogP contribution in [0.5, 0.6) is 0 Å². The van der Waals surface area contributed by atoms with Gasteiger partial charge in [-0.2, -0.15) is 0 Å². The topological polar surface area (TPSA) is 307 Å². The van der Waals surface area contributed by atoms with Crippen molar-refractivity contribution in [1.82, 2.24) is 5.32 Å². The molecule has 3 rings (SSSR count). The molecule has 3 saturated heterocycles. The summed E-state index contributed by atoms with van der Waals surface area (Å²) in [6.45, 7) is 1.73. The van der Waals surface area contributed by atoms with E-state index in [9.17, 15) is 61.0 Å². The molecular weight excluding hydrogens is 1300 g/mol. The molecule has 0 saturated carbocycles. The van der Waals surface area contributed by atoms with E-state index in [0.717, 1.165) is 89.9 Å². The third-order valence-corrected chi connectivity index (χ3v) is 20.3. The molecule has 0 spiro atoms. The number of unbranched alkanes of at least 4 members (excludes halogenated alkanes) is 37. The molecule has 594 valence electrons. The van der Waals surface area contributed by atoms with Crippen LogP contribution in [0.25, 0.3) is 0 Å². The van der Waals surface area contributed by atoms with E-state index in [2.05, 4.69) is 92.1 Å². The zero-order chi connectivity index (χ0) is 73.9. The lowest BCUT2D eigenvalue weighted by Gasteiger charge is -2.48. The Morgan fingerprint density at radius 1 is 0.363 bits per heavy atom. The molecule has 12 N–H and O–H groups in total. The van der Waals surface area contributed by atoms with Crippen LogP contribution in [0.3, 0.4) is 0 Å². The van der Waals surface area contributed by atoms with Crippen LogP contribution in [0.4, 0.5) is 0 Å². The summed E-state index contributed by atoms with van der Waals surface area (Å²) in [4.78, 5) is 13.5. The second-order valence-corrected chi connectivity index (χ2v) is 29.2. The summed E-state index contributed by atoms with van der Waals surface area (Å²) >= 11 is 0. The molecule has 3 aliphatic rings. The van der Waals surface area contributed by atoms with Crippen molar-refractivity contribution in [1.29, 1.82) is 0 Å². The molecule has 17 unspecified atom stereocenters. The first kappa shape index (κ1) is 93.4. The Hall–Kier alpha value is -2.77. The lowest BCUT2D eigenvalue weighted by Crippen LogP contribution is -2.66. The van der Waals surface area contributed by atoms with Gasteiger partial charge in [-0.05, 0) is 64.2 Å². The van der Waals surface area contributed by atoms with E-state index in [-0.39, 0.29) is 18.9 Å². The molecule has 3 aliphatic heterocycles. The molecule has 19 heteroatoms. The van der Waals surface area contributed by atoms with Crippen LogP contribution < -0.4 is 5.32 Å². The number of amides is 1. The first-order chi connectivity index (χ1) is 49.8. The van der Waals surface area contributed by atoms with E-state index in [1.165, 1.54) is 193 Å². The zero-order valence-electron chi connectivity index (χ0n) is 63.6. The molecule has 0 bridgehead atoms. The number of nitrogens with one attached hydrogen (secondary N) is 1. The Bertz CT molecular complexity index is 2120. The van der Waals surface area contributed by atoms with Gasteiger partial charge in [0, 0.05) is 6.42 Å². The summed E-state index contributed by atoms with van der Waals surface area (Å²) in [6, 6.07) is -0.892. The Balaban J connectivity index is 1.35. The number of aliphatic hydroxyl groups is 11. The lowest BCUT2D eigenvalue weighted by atomic mass is 9.96. The van der Waals surface area contributed by atoms with E-state index in [4.69, 9.17) is 28.4 Å². The van der Waals surface area contributed by atoms with Gasteiger partial charge < -0.3 is 89.9 Å². The molecular formula is C83H149NO18. The number of carbonyl (C=O) groups excluding carboxylic acids is 1. The van der Waals surface area contributed by atoms with Crippen LogP contribution in [-0.2, 0) is 33.2 Å². The molecule has 17 atom stereocenters. The quantitative estimate of drug-likeness (QED) is 0.0199. The fraction of sp³-hybridized carbons (Fsp3) is 0.843. The lowest BCUT2D eigenvalue weighted by molar-refractivity contribution is -0.379. The molecule has 0 aromatic rings. The van der Waals surface area contributed by atoms with Gasteiger partial charge in [-0.15, -0.1) is 0 Å². The molecule has 3 heterocycles. The molecule has 19 nitrogen and oxygen atoms in total. The van der Waals surface area contributed by atoms with Crippen molar-refractivity contribution in [3.63, 3.8) is 0 Å². The maximum Gasteiger partial charge on any atom is 0.220 e. The predicted octanol–water partition coefficient (Wildman–Crippen LogP) is 14.0. The number of aliphatic hydroxyl groups excluding tert-OH is 11. The maximum atomic E-state index is 13.5. The highest BCUT2D eigenvalue weighted by atomic mass is 16.8. The summed E-state index contributed by atoms with van der Waals surface area (Å²) in [5.74, 6) is -0.241. The highest BCUT2D eigenvalue weighted by Crippen LogP contribution is 2.33. The monoisotopic (exact) mass is 1450 g/mol. The summed E-state index contributed by atoms with van der Waals surface area (Å²) < 4.78 is 34.5.